The van der Waals surface area contributed by atoms with Crippen LogP contribution >= 0.6 is 0 Å². The fourth-order valence-corrected chi connectivity index (χ4v) is 3.68. The lowest BCUT2D eigenvalue weighted by atomic mass is 9.96. The number of piperazine rings is 1. The minimum atomic E-state index is -2.97. The van der Waals surface area contributed by atoms with Gasteiger partial charge in [-0.25, -0.2) is 13.2 Å². The summed E-state index contributed by atoms with van der Waals surface area (Å²) in [7, 11) is 0. The van der Waals surface area contributed by atoms with E-state index in [9.17, 15) is 22.8 Å². The Labute approximate surface area is 178 Å². The summed E-state index contributed by atoms with van der Waals surface area (Å²) < 4.78 is 41.4. The maximum absolute atomic E-state index is 14.5. The van der Waals surface area contributed by atoms with E-state index in [1.165, 1.54) is 41.3 Å². The largest absolute Gasteiger partial charge is 0.325 e. The number of amides is 2. The summed E-state index contributed by atoms with van der Waals surface area (Å²) in [5, 5.41) is 8.91. The average molecular weight is 429 g/mol. The first kappa shape index (κ1) is 22.3. The summed E-state index contributed by atoms with van der Waals surface area (Å²) in [5.74, 6) is -4.81. The van der Waals surface area contributed by atoms with Crippen LogP contribution in [0.15, 0.2) is 42.5 Å². The van der Waals surface area contributed by atoms with Crippen molar-refractivity contribution in [3.05, 3.63) is 65.0 Å². The second kappa shape index (κ2) is 8.42. The van der Waals surface area contributed by atoms with Crippen LogP contribution in [-0.2, 0) is 22.1 Å². The predicted molar refractivity (Wildman–Crippen MR) is 109 cm³/mol. The molecule has 2 aromatic rings. The zero-order valence-corrected chi connectivity index (χ0v) is 17.4. The predicted octanol–water partition coefficient (Wildman–Crippen LogP) is 4.21. The topological polar surface area (TPSA) is 64.4 Å². The first-order valence-corrected chi connectivity index (χ1v) is 9.80. The normalized spacial score (nSPS) is 17.3. The Bertz CT molecular complexity index is 1040. The molecule has 1 unspecified atom stereocenters. The van der Waals surface area contributed by atoms with E-state index in [-0.39, 0.29) is 41.7 Å². The fourth-order valence-electron chi connectivity index (χ4n) is 3.68. The molecule has 0 aromatic heterocycles. The molecule has 1 aliphatic heterocycles. The van der Waals surface area contributed by atoms with Gasteiger partial charge in [-0.15, -0.1) is 0 Å². The number of anilines is 1. The van der Waals surface area contributed by atoms with E-state index >= 15 is 0 Å². The first-order chi connectivity index (χ1) is 14.5. The van der Waals surface area contributed by atoms with Gasteiger partial charge in [0.25, 0.3) is 11.8 Å². The average Bonchev–Trinajstić information content (AvgIpc) is 2.70. The van der Waals surface area contributed by atoms with Gasteiger partial charge in [0.1, 0.15) is 18.4 Å². The molecule has 1 aliphatic rings. The molecule has 5 nitrogen and oxygen atoms in total. The molecule has 0 bridgehead atoms. The Hall–Kier alpha value is -3.34. The SMILES string of the molecule is CC(C)C1C(=O)N(c2ccc(C#N)cc2F)CC(=O)N1Cc1ccc(C(C)(F)F)cc1. The number of benzene rings is 2. The summed E-state index contributed by atoms with van der Waals surface area (Å²) in [4.78, 5) is 28.7. The Morgan fingerprint density at radius 1 is 1.16 bits per heavy atom. The zero-order valence-electron chi connectivity index (χ0n) is 17.4. The Morgan fingerprint density at radius 3 is 2.32 bits per heavy atom. The Morgan fingerprint density at radius 2 is 1.81 bits per heavy atom. The van der Waals surface area contributed by atoms with Crippen molar-refractivity contribution < 1.29 is 22.8 Å². The van der Waals surface area contributed by atoms with E-state index in [1.54, 1.807) is 13.8 Å². The lowest BCUT2D eigenvalue weighted by molar-refractivity contribution is -0.145. The molecular weight excluding hydrogens is 407 g/mol. The van der Waals surface area contributed by atoms with Gasteiger partial charge in [0.2, 0.25) is 5.91 Å². The van der Waals surface area contributed by atoms with Gasteiger partial charge in [-0.1, -0.05) is 38.1 Å². The van der Waals surface area contributed by atoms with Crippen LogP contribution in [0.4, 0.5) is 18.9 Å². The van der Waals surface area contributed by atoms with E-state index in [4.69, 9.17) is 5.26 Å². The maximum Gasteiger partial charge on any atom is 0.270 e. The zero-order chi connectivity index (χ0) is 22.9. The molecule has 0 spiro atoms. The highest BCUT2D eigenvalue weighted by atomic mass is 19.3. The van der Waals surface area contributed by atoms with Crippen LogP contribution in [0.5, 0.6) is 0 Å². The van der Waals surface area contributed by atoms with Crippen molar-refractivity contribution in [2.24, 2.45) is 5.92 Å². The number of carbonyl (C=O) groups excluding carboxylic acids is 2. The van der Waals surface area contributed by atoms with Crippen molar-refractivity contribution in [2.75, 3.05) is 11.4 Å². The minimum absolute atomic E-state index is 0.0582. The van der Waals surface area contributed by atoms with Crippen molar-refractivity contribution in [1.82, 2.24) is 4.90 Å². The van der Waals surface area contributed by atoms with Crippen LogP contribution in [0.1, 0.15) is 37.5 Å². The summed E-state index contributed by atoms with van der Waals surface area (Å²) in [6.07, 6.45) is 0. The van der Waals surface area contributed by atoms with Gasteiger partial charge < -0.3 is 4.90 Å². The molecule has 1 saturated heterocycles. The quantitative estimate of drug-likeness (QED) is 0.715. The highest BCUT2D eigenvalue weighted by Gasteiger charge is 2.42. The van der Waals surface area contributed by atoms with Gasteiger partial charge in [0.05, 0.1) is 17.3 Å². The molecule has 3 rings (SSSR count). The van der Waals surface area contributed by atoms with E-state index in [2.05, 4.69) is 0 Å². The molecule has 0 N–H and O–H groups in total. The lowest BCUT2D eigenvalue weighted by Crippen LogP contribution is -2.61. The molecule has 1 heterocycles. The second-order valence-corrected chi connectivity index (χ2v) is 8.00. The number of hydrogen-bond donors (Lipinski definition) is 0. The number of rotatable bonds is 5. The van der Waals surface area contributed by atoms with Gasteiger partial charge in [0, 0.05) is 19.0 Å². The van der Waals surface area contributed by atoms with E-state index in [0.29, 0.717) is 5.56 Å². The van der Waals surface area contributed by atoms with Crippen molar-refractivity contribution in [1.29, 1.82) is 5.26 Å². The summed E-state index contributed by atoms with van der Waals surface area (Å²) >= 11 is 0. The van der Waals surface area contributed by atoms with Crippen LogP contribution in [0.3, 0.4) is 0 Å². The standard InChI is InChI=1S/C23H22F3N3O2/c1-14(2)21-22(31)28(19-9-6-16(11-27)10-18(19)24)13-20(30)29(21)12-15-4-7-17(8-5-15)23(3,25)26/h4-10,14,21H,12-13H2,1-3H3. The third-order valence-electron chi connectivity index (χ3n) is 5.28. The van der Waals surface area contributed by atoms with Crippen LogP contribution in [-0.4, -0.2) is 29.3 Å². The molecule has 8 heteroatoms. The van der Waals surface area contributed by atoms with Gasteiger partial charge in [0.15, 0.2) is 0 Å². The van der Waals surface area contributed by atoms with Crippen molar-refractivity contribution in [3.8, 4) is 6.07 Å². The number of hydrogen-bond acceptors (Lipinski definition) is 3. The third kappa shape index (κ3) is 4.55. The fraction of sp³-hybridized carbons (Fsp3) is 0.348. The molecule has 0 saturated carbocycles. The molecule has 1 atom stereocenters. The monoisotopic (exact) mass is 429 g/mol. The number of carbonyl (C=O) groups is 2. The number of nitriles is 1. The van der Waals surface area contributed by atoms with Gasteiger partial charge in [-0.3, -0.25) is 14.5 Å². The molecule has 1 fully saturated rings. The highest BCUT2D eigenvalue weighted by molar-refractivity contribution is 6.06. The Balaban J connectivity index is 1.88. The number of alkyl halides is 2. The van der Waals surface area contributed by atoms with Crippen LogP contribution in [0, 0.1) is 23.1 Å². The molecule has 2 amide bonds. The summed E-state index contributed by atoms with van der Waals surface area (Å²) in [6.45, 7) is 4.09. The van der Waals surface area contributed by atoms with Crippen LogP contribution in [0.25, 0.3) is 0 Å². The van der Waals surface area contributed by atoms with E-state index < -0.39 is 23.7 Å². The Kier molecular flexibility index (Phi) is 6.07. The van der Waals surface area contributed by atoms with E-state index in [1.807, 2.05) is 6.07 Å². The smallest absolute Gasteiger partial charge is 0.270 e. The first-order valence-electron chi connectivity index (χ1n) is 9.80. The van der Waals surface area contributed by atoms with E-state index in [0.717, 1.165) is 17.9 Å². The summed E-state index contributed by atoms with van der Waals surface area (Å²) in [5.41, 5.74) is 0.523. The minimum Gasteiger partial charge on any atom is -0.325 e. The summed E-state index contributed by atoms with van der Waals surface area (Å²) in [6, 6.07) is 10.3. The van der Waals surface area contributed by atoms with Crippen molar-refractivity contribution in [2.45, 2.75) is 39.3 Å². The maximum atomic E-state index is 14.5. The van der Waals surface area contributed by atoms with Crippen molar-refractivity contribution >= 4 is 17.5 Å². The molecule has 31 heavy (non-hydrogen) atoms. The lowest BCUT2D eigenvalue weighted by Gasteiger charge is -2.42. The molecular formula is C23H22F3N3O2. The molecule has 162 valence electrons. The van der Waals surface area contributed by atoms with Crippen LogP contribution in [0.2, 0.25) is 0 Å². The van der Waals surface area contributed by atoms with Gasteiger partial charge in [-0.2, -0.15) is 5.26 Å². The van der Waals surface area contributed by atoms with Gasteiger partial charge >= 0.3 is 0 Å². The van der Waals surface area contributed by atoms with Crippen LogP contribution < -0.4 is 4.90 Å². The third-order valence-corrected chi connectivity index (χ3v) is 5.28. The molecule has 2 aromatic carbocycles. The van der Waals surface area contributed by atoms with Crippen molar-refractivity contribution in [3.63, 3.8) is 0 Å². The second-order valence-electron chi connectivity index (χ2n) is 8.00. The molecule has 0 radical (unpaired) electrons. The highest BCUT2D eigenvalue weighted by Crippen LogP contribution is 2.30. The number of halogens is 3. The number of nitrogens with zero attached hydrogens (tertiary/aromatic N) is 3. The molecule has 0 aliphatic carbocycles. The van der Waals surface area contributed by atoms with Gasteiger partial charge in [-0.05, 0) is 29.7 Å².